The highest BCUT2D eigenvalue weighted by Crippen LogP contribution is 2.25. The average molecular weight is 288 g/mol. The van der Waals surface area contributed by atoms with Gasteiger partial charge in [0.25, 0.3) is 0 Å². The monoisotopic (exact) mass is 288 g/mol. The van der Waals surface area contributed by atoms with E-state index in [1.54, 1.807) is 0 Å². The molecule has 0 fully saturated rings. The van der Waals surface area contributed by atoms with Crippen LogP contribution in [0.4, 0.5) is 0 Å². The van der Waals surface area contributed by atoms with Gasteiger partial charge in [-0.25, -0.2) is 0 Å². The summed E-state index contributed by atoms with van der Waals surface area (Å²) in [6.07, 6.45) is 11.0. The Morgan fingerprint density at radius 3 is 2.00 bits per heavy atom. The summed E-state index contributed by atoms with van der Waals surface area (Å²) in [4.78, 5) is 0. The maximum absolute atomic E-state index is 2.54. The molecule has 0 bridgehead atoms. The van der Waals surface area contributed by atoms with Crippen molar-refractivity contribution in [3.05, 3.63) is 0 Å². The third kappa shape index (κ3) is 11.8. The van der Waals surface area contributed by atoms with Crippen molar-refractivity contribution >= 4 is 8.88 Å². The molecule has 116 valence electrons. The van der Waals surface area contributed by atoms with Gasteiger partial charge in [-0.1, -0.05) is 52.9 Å². The van der Waals surface area contributed by atoms with Crippen LogP contribution >= 0.6 is 8.88 Å². The fourth-order valence-corrected chi connectivity index (χ4v) is 3.85. The first-order valence-electron chi connectivity index (χ1n) is 8.32. The molecule has 0 aliphatic carbocycles. The Morgan fingerprint density at radius 2 is 1.42 bits per heavy atom. The summed E-state index contributed by atoms with van der Waals surface area (Å²) >= 11 is 0. The van der Waals surface area contributed by atoms with Gasteiger partial charge in [0.05, 0.1) is 0 Å². The van der Waals surface area contributed by atoms with E-state index in [9.17, 15) is 0 Å². The van der Waals surface area contributed by atoms with Crippen LogP contribution in [0.15, 0.2) is 0 Å². The molecule has 0 amide bonds. The predicted octanol–water partition coefficient (Wildman–Crippen LogP) is 5.16. The molecule has 0 aromatic rings. The summed E-state index contributed by atoms with van der Waals surface area (Å²) in [5.74, 6) is 0.916. The topological polar surface area (TPSA) is 6.48 Å². The summed E-state index contributed by atoms with van der Waals surface area (Å²) in [6.45, 7) is 9.38. The molecular formula is C16H37N2P. The number of rotatable bonds is 13. The fraction of sp³-hybridized carbons (Fsp3) is 1.00. The predicted molar refractivity (Wildman–Crippen MR) is 91.0 cm³/mol. The molecule has 0 aliphatic rings. The van der Waals surface area contributed by atoms with Gasteiger partial charge in [-0.3, -0.25) is 9.34 Å². The summed E-state index contributed by atoms with van der Waals surface area (Å²) in [5, 5.41) is 0. The lowest BCUT2D eigenvalue weighted by molar-refractivity contribution is 0.338. The molecule has 0 heterocycles. The summed E-state index contributed by atoms with van der Waals surface area (Å²) in [6, 6.07) is 0. The van der Waals surface area contributed by atoms with Gasteiger partial charge in [0, 0.05) is 22.0 Å². The molecule has 0 N–H and O–H groups in total. The average Bonchev–Trinajstić information content (AvgIpc) is 2.36. The summed E-state index contributed by atoms with van der Waals surface area (Å²) in [5.41, 5.74) is 0. The second-order valence-corrected chi connectivity index (χ2v) is 7.63. The van der Waals surface area contributed by atoms with Crippen LogP contribution in [0.25, 0.3) is 0 Å². The standard InChI is InChI=1S/C16H37N2P/c1-6-9-11-13-16(12-10-7-2)15-18(5)19-17(4)14-8-3/h16,19H,6-15H2,1-5H3. The van der Waals surface area contributed by atoms with Crippen molar-refractivity contribution in [2.24, 2.45) is 5.92 Å². The zero-order valence-corrected chi connectivity index (χ0v) is 15.0. The Hall–Kier alpha value is 0.350. The maximum atomic E-state index is 2.54. The Morgan fingerprint density at radius 1 is 0.789 bits per heavy atom. The first-order valence-corrected chi connectivity index (χ1v) is 9.21. The summed E-state index contributed by atoms with van der Waals surface area (Å²) in [7, 11) is 5.40. The molecule has 0 saturated carbocycles. The lowest BCUT2D eigenvalue weighted by Crippen LogP contribution is -2.23. The maximum Gasteiger partial charge on any atom is 0.0235 e. The highest BCUT2D eigenvalue weighted by Gasteiger charge is 2.12. The lowest BCUT2D eigenvalue weighted by Gasteiger charge is -2.27. The van der Waals surface area contributed by atoms with E-state index in [0.29, 0.717) is 0 Å². The van der Waals surface area contributed by atoms with E-state index in [4.69, 9.17) is 0 Å². The SMILES string of the molecule is CCCCCC(CCCC)CN(C)PN(C)CCC. The first-order chi connectivity index (χ1) is 9.13. The second kappa shape index (κ2) is 13.3. The molecular weight excluding hydrogens is 251 g/mol. The number of hydrogen-bond donors (Lipinski definition) is 0. The molecule has 0 saturated heterocycles. The molecule has 19 heavy (non-hydrogen) atoms. The Kier molecular flexibility index (Phi) is 13.6. The highest BCUT2D eigenvalue weighted by atomic mass is 31.1. The van der Waals surface area contributed by atoms with Gasteiger partial charge in [0.15, 0.2) is 0 Å². The van der Waals surface area contributed by atoms with E-state index >= 15 is 0 Å². The van der Waals surface area contributed by atoms with Gasteiger partial charge < -0.3 is 0 Å². The zero-order valence-electron chi connectivity index (χ0n) is 14.0. The van der Waals surface area contributed by atoms with E-state index in [-0.39, 0.29) is 0 Å². The van der Waals surface area contributed by atoms with E-state index in [1.165, 1.54) is 64.5 Å². The third-order valence-electron chi connectivity index (χ3n) is 3.61. The molecule has 2 nitrogen and oxygen atoms in total. The van der Waals surface area contributed by atoms with E-state index in [1.807, 2.05) is 0 Å². The van der Waals surface area contributed by atoms with Crippen molar-refractivity contribution in [3.8, 4) is 0 Å². The lowest BCUT2D eigenvalue weighted by atomic mass is 9.95. The zero-order chi connectivity index (χ0) is 14.5. The van der Waals surface area contributed by atoms with Crippen molar-refractivity contribution in [2.45, 2.75) is 72.1 Å². The highest BCUT2D eigenvalue weighted by molar-refractivity contribution is 7.32. The van der Waals surface area contributed by atoms with Gasteiger partial charge in [-0.05, 0) is 39.3 Å². The summed E-state index contributed by atoms with van der Waals surface area (Å²) < 4.78 is 5.00. The minimum absolute atomic E-state index is 0.856. The molecule has 0 aromatic heterocycles. The van der Waals surface area contributed by atoms with Crippen LogP contribution in [0.5, 0.6) is 0 Å². The van der Waals surface area contributed by atoms with Crippen LogP contribution in [0.1, 0.15) is 72.1 Å². The van der Waals surface area contributed by atoms with Crippen LogP contribution < -0.4 is 0 Å². The van der Waals surface area contributed by atoms with Crippen molar-refractivity contribution in [1.82, 2.24) is 9.34 Å². The van der Waals surface area contributed by atoms with Gasteiger partial charge in [-0.2, -0.15) is 0 Å². The number of unbranched alkanes of at least 4 members (excludes halogenated alkanes) is 3. The van der Waals surface area contributed by atoms with Gasteiger partial charge in [-0.15, -0.1) is 0 Å². The first kappa shape index (κ1) is 19.4. The molecule has 3 heteroatoms. The second-order valence-electron chi connectivity index (χ2n) is 5.91. The van der Waals surface area contributed by atoms with Crippen LogP contribution in [0.2, 0.25) is 0 Å². The Labute approximate surface area is 124 Å². The van der Waals surface area contributed by atoms with Crippen molar-refractivity contribution in [1.29, 1.82) is 0 Å². The molecule has 0 aromatic carbocycles. The van der Waals surface area contributed by atoms with Crippen LogP contribution in [0, 0.1) is 5.92 Å². The van der Waals surface area contributed by atoms with Crippen molar-refractivity contribution in [3.63, 3.8) is 0 Å². The Balaban J connectivity index is 3.98. The smallest absolute Gasteiger partial charge is 0.0235 e. The number of hydrogen-bond acceptors (Lipinski definition) is 2. The largest absolute Gasteiger partial charge is 0.275 e. The van der Waals surface area contributed by atoms with Crippen molar-refractivity contribution < 1.29 is 0 Å². The quantitative estimate of drug-likeness (QED) is 0.341. The molecule has 0 aliphatic heterocycles. The van der Waals surface area contributed by atoms with Crippen LogP contribution in [-0.4, -0.2) is 36.5 Å². The minimum Gasteiger partial charge on any atom is -0.275 e. The van der Waals surface area contributed by atoms with Crippen LogP contribution in [-0.2, 0) is 0 Å². The Bertz CT molecular complexity index is 188. The molecule has 2 atom stereocenters. The van der Waals surface area contributed by atoms with Gasteiger partial charge >= 0.3 is 0 Å². The fourth-order valence-electron chi connectivity index (χ4n) is 2.61. The normalized spacial score (nSPS) is 14.1. The van der Waals surface area contributed by atoms with Crippen LogP contribution in [0.3, 0.4) is 0 Å². The molecule has 0 rings (SSSR count). The van der Waals surface area contributed by atoms with E-state index < -0.39 is 0 Å². The molecule has 0 radical (unpaired) electrons. The minimum atomic E-state index is 0.856. The van der Waals surface area contributed by atoms with Gasteiger partial charge in [0.1, 0.15) is 0 Å². The van der Waals surface area contributed by atoms with E-state index in [2.05, 4.69) is 44.2 Å². The number of nitrogens with zero attached hydrogens (tertiary/aromatic N) is 2. The van der Waals surface area contributed by atoms with E-state index in [0.717, 1.165) is 14.8 Å². The molecule has 2 unspecified atom stereocenters. The molecule has 0 spiro atoms. The van der Waals surface area contributed by atoms with Crippen molar-refractivity contribution in [2.75, 3.05) is 27.2 Å². The van der Waals surface area contributed by atoms with Gasteiger partial charge in [0.2, 0.25) is 0 Å². The third-order valence-corrected chi connectivity index (χ3v) is 4.70.